The summed E-state index contributed by atoms with van der Waals surface area (Å²) in [6, 6.07) is 11.5. The molecule has 3 heterocycles. The molecule has 0 amide bonds. The van der Waals surface area contributed by atoms with Crippen molar-refractivity contribution in [1.29, 1.82) is 0 Å². The SMILES string of the molecule is CCC1c2c(c3cc(C)ccc3n2/C=C(\C)c2cccnc2)CCN1C. The second-order valence-electron chi connectivity index (χ2n) is 7.46. The molecular weight excluding hydrogens is 318 g/mol. The Morgan fingerprint density at radius 1 is 1.31 bits per heavy atom. The largest absolute Gasteiger partial charge is 0.318 e. The minimum atomic E-state index is 0.462. The van der Waals surface area contributed by atoms with Gasteiger partial charge in [0.05, 0.1) is 11.6 Å². The van der Waals surface area contributed by atoms with Gasteiger partial charge in [0.1, 0.15) is 0 Å². The number of fused-ring (bicyclic) bond motifs is 3. The number of pyridine rings is 1. The molecule has 2 aromatic heterocycles. The minimum Gasteiger partial charge on any atom is -0.318 e. The number of hydrogen-bond donors (Lipinski definition) is 0. The lowest BCUT2D eigenvalue weighted by molar-refractivity contribution is 0.220. The Balaban J connectivity index is 1.98. The maximum absolute atomic E-state index is 4.28. The predicted molar refractivity (Wildman–Crippen MR) is 110 cm³/mol. The van der Waals surface area contributed by atoms with Crippen LogP contribution >= 0.6 is 0 Å². The first-order valence-corrected chi connectivity index (χ1v) is 9.52. The average Bonchev–Trinajstić information content (AvgIpc) is 2.95. The number of benzene rings is 1. The maximum Gasteiger partial charge on any atom is 0.0529 e. The zero-order chi connectivity index (χ0) is 18.3. The molecule has 0 saturated heterocycles. The number of rotatable bonds is 3. The van der Waals surface area contributed by atoms with Crippen LogP contribution in [0.15, 0.2) is 42.7 Å². The van der Waals surface area contributed by atoms with Crippen LogP contribution in [-0.2, 0) is 6.42 Å². The van der Waals surface area contributed by atoms with Gasteiger partial charge in [-0.05, 0) is 68.6 Å². The van der Waals surface area contributed by atoms with E-state index in [4.69, 9.17) is 0 Å². The Morgan fingerprint density at radius 3 is 2.88 bits per heavy atom. The van der Waals surface area contributed by atoms with Gasteiger partial charge < -0.3 is 4.57 Å². The number of hydrogen-bond acceptors (Lipinski definition) is 2. The molecule has 0 aliphatic carbocycles. The zero-order valence-corrected chi connectivity index (χ0v) is 16.2. The smallest absolute Gasteiger partial charge is 0.0529 e. The third-order valence-corrected chi connectivity index (χ3v) is 5.69. The van der Waals surface area contributed by atoms with Crippen molar-refractivity contribution in [1.82, 2.24) is 14.5 Å². The fraction of sp³-hybridized carbons (Fsp3) is 0.348. The lowest BCUT2D eigenvalue weighted by atomic mass is 9.96. The van der Waals surface area contributed by atoms with Gasteiger partial charge in [-0.2, -0.15) is 0 Å². The highest BCUT2D eigenvalue weighted by Gasteiger charge is 2.29. The summed E-state index contributed by atoms with van der Waals surface area (Å²) < 4.78 is 2.44. The number of nitrogens with zero attached hydrogens (tertiary/aromatic N) is 3. The molecule has 0 spiro atoms. The van der Waals surface area contributed by atoms with E-state index in [1.54, 1.807) is 0 Å². The average molecular weight is 345 g/mol. The zero-order valence-electron chi connectivity index (χ0n) is 16.2. The molecule has 3 aromatic rings. The minimum absolute atomic E-state index is 0.462. The quantitative estimate of drug-likeness (QED) is 0.642. The highest BCUT2D eigenvalue weighted by atomic mass is 15.2. The molecule has 0 radical (unpaired) electrons. The number of aryl methyl sites for hydroxylation is 1. The Kier molecular flexibility index (Phi) is 4.41. The summed E-state index contributed by atoms with van der Waals surface area (Å²) in [5.41, 5.74) is 8.05. The first-order valence-electron chi connectivity index (χ1n) is 9.52. The molecule has 3 heteroatoms. The molecule has 0 fully saturated rings. The van der Waals surface area contributed by atoms with Gasteiger partial charge in [-0.3, -0.25) is 9.88 Å². The van der Waals surface area contributed by atoms with E-state index in [9.17, 15) is 0 Å². The van der Waals surface area contributed by atoms with Crippen molar-refractivity contribution in [2.24, 2.45) is 0 Å². The van der Waals surface area contributed by atoms with Crippen LogP contribution in [0.4, 0.5) is 0 Å². The van der Waals surface area contributed by atoms with Gasteiger partial charge in [0.15, 0.2) is 0 Å². The third-order valence-electron chi connectivity index (χ3n) is 5.69. The predicted octanol–water partition coefficient (Wildman–Crippen LogP) is 5.30. The first kappa shape index (κ1) is 17.0. The van der Waals surface area contributed by atoms with E-state index < -0.39 is 0 Å². The standard InChI is InChI=1S/C23H27N3/c1-5-21-23-19(10-12-25(21)4)20-13-16(2)8-9-22(20)26(23)15-17(3)18-7-6-11-24-14-18/h6-9,11,13-15,21H,5,10,12H2,1-4H3/b17-15+. The van der Waals surface area contributed by atoms with Crippen LogP contribution < -0.4 is 0 Å². The number of likely N-dealkylation sites (N-methyl/N-ethyl adjacent to an activating group) is 1. The summed E-state index contributed by atoms with van der Waals surface area (Å²) in [4.78, 5) is 6.78. The Hall–Kier alpha value is -2.39. The van der Waals surface area contributed by atoms with Gasteiger partial charge in [0.2, 0.25) is 0 Å². The molecule has 134 valence electrons. The monoisotopic (exact) mass is 345 g/mol. The van der Waals surface area contributed by atoms with E-state index in [2.05, 4.69) is 72.7 Å². The first-order chi connectivity index (χ1) is 12.6. The second-order valence-corrected chi connectivity index (χ2v) is 7.46. The van der Waals surface area contributed by atoms with E-state index >= 15 is 0 Å². The molecule has 0 N–H and O–H groups in total. The van der Waals surface area contributed by atoms with Gasteiger partial charge in [0.25, 0.3) is 0 Å². The molecular formula is C23H27N3. The number of aromatic nitrogens is 2. The summed E-state index contributed by atoms with van der Waals surface area (Å²) in [5.74, 6) is 0. The molecule has 3 nitrogen and oxygen atoms in total. The van der Waals surface area contributed by atoms with Crippen LogP contribution in [0.3, 0.4) is 0 Å². The van der Waals surface area contributed by atoms with Gasteiger partial charge in [-0.15, -0.1) is 0 Å². The van der Waals surface area contributed by atoms with E-state index in [1.807, 2.05) is 18.5 Å². The number of allylic oxidation sites excluding steroid dienone is 1. The van der Waals surface area contributed by atoms with Gasteiger partial charge in [-0.25, -0.2) is 0 Å². The second kappa shape index (κ2) is 6.73. The van der Waals surface area contributed by atoms with E-state index in [1.165, 1.54) is 38.9 Å². The maximum atomic E-state index is 4.28. The summed E-state index contributed by atoms with van der Waals surface area (Å²) in [6.45, 7) is 7.79. The summed E-state index contributed by atoms with van der Waals surface area (Å²) in [7, 11) is 2.25. The normalized spacial score (nSPS) is 18.3. The van der Waals surface area contributed by atoms with Crippen molar-refractivity contribution in [3.05, 3.63) is 65.1 Å². The molecule has 1 atom stereocenters. The highest BCUT2D eigenvalue weighted by molar-refractivity contribution is 5.90. The van der Waals surface area contributed by atoms with E-state index in [0.717, 1.165) is 19.4 Å². The molecule has 1 aliphatic rings. The van der Waals surface area contributed by atoms with Crippen molar-refractivity contribution in [2.45, 2.75) is 39.7 Å². The molecule has 4 rings (SSSR count). The lowest BCUT2D eigenvalue weighted by Crippen LogP contribution is -2.32. The van der Waals surface area contributed by atoms with Crippen LogP contribution in [0.5, 0.6) is 0 Å². The summed E-state index contributed by atoms with van der Waals surface area (Å²) in [6.07, 6.45) is 8.31. The van der Waals surface area contributed by atoms with Crippen LogP contribution in [0.1, 0.15) is 48.7 Å². The Labute approximate surface area is 156 Å². The fourth-order valence-electron chi connectivity index (χ4n) is 4.30. The van der Waals surface area contributed by atoms with Crippen molar-refractivity contribution in [3.8, 4) is 0 Å². The fourth-order valence-corrected chi connectivity index (χ4v) is 4.30. The van der Waals surface area contributed by atoms with Crippen LogP contribution in [0.25, 0.3) is 22.7 Å². The van der Waals surface area contributed by atoms with Crippen molar-refractivity contribution in [2.75, 3.05) is 13.6 Å². The van der Waals surface area contributed by atoms with Gasteiger partial charge in [0, 0.05) is 36.2 Å². The molecule has 0 bridgehead atoms. The molecule has 1 aliphatic heterocycles. The lowest BCUT2D eigenvalue weighted by Gasteiger charge is -2.33. The topological polar surface area (TPSA) is 21.1 Å². The van der Waals surface area contributed by atoms with Crippen molar-refractivity contribution >= 4 is 22.7 Å². The molecule has 0 saturated carbocycles. The van der Waals surface area contributed by atoms with Crippen molar-refractivity contribution < 1.29 is 0 Å². The van der Waals surface area contributed by atoms with Gasteiger partial charge in [-0.1, -0.05) is 24.6 Å². The van der Waals surface area contributed by atoms with E-state index in [0.29, 0.717) is 6.04 Å². The van der Waals surface area contributed by atoms with Gasteiger partial charge >= 0.3 is 0 Å². The van der Waals surface area contributed by atoms with Crippen LogP contribution in [0, 0.1) is 6.92 Å². The Bertz CT molecular complexity index is 966. The van der Waals surface area contributed by atoms with Crippen LogP contribution in [0.2, 0.25) is 0 Å². The third kappa shape index (κ3) is 2.77. The molecule has 1 aromatic carbocycles. The highest BCUT2D eigenvalue weighted by Crippen LogP contribution is 2.39. The van der Waals surface area contributed by atoms with Crippen molar-refractivity contribution in [3.63, 3.8) is 0 Å². The molecule has 26 heavy (non-hydrogen) atoms. The summed E-state index contributed by atoms with van der Waals surface area (Å²) >= 11 is 0. The molecule has 1 unspecified atom stereocenters. The van der Waals surface area contributed by atoms with Crippen LogP contribution in [-0.4, -0.2) is 28.0 Å². The summed E-state index contributed by atoms with van der Waals surface area (Å²) in [5, 5.41) is 1.42. The van der Waals surface area contributed by atoms with E-state index in [-0.39, 0.29) is 0 Å². The Morgan fingerprint density at radius 2 is 2.15 bits per heavy atom.